The van der Waals surface area contributed by atoms with E-state index in [0.29, 0.717) is 29.8 Å². The molecule has 2 aromatic rings. The minimum atomic E-state index is -1.02. The van der Waals surface area contributed by atoms with Crippen LogP contribution in [0.5, 0.6) is 11.5 Å². The van der Waals surface area contributed by atoms with Gasteiger partial charge in [0, 0.05) is 17.2 Å². The number of carboxylic acid groups (broad SMARTS) is 1. The minimum absolute atomic E-state index is 0.0790. The van der Waals surface area contributed by atoms with E-state index in [-0.39, 0.29) is 23.7 Å². The summed E-state index contributed by atoms with van der Waals surface area (Å²) in [5.74, 6) is -0.479. The fourth-order valence-corrected chi connectivity index (χ4v) is 1.90. The normalized spacial score (nSPS) is 10.3. The lowest BCUT2D eigenvalue weighted by Crippen LogP contribution is -2.06. The van der Waals surface area contributed by atoms with Gasteiger partial charge in [-0.2, -0.15) is 0 Å². The molecule has 0 aliphatic rings. The summed E-state index contributed by atoms with van der Waals surface area (Å²) in [5.41, 5.74) is 6.80. The highest BCUT2D eigenvalue weighted by atomic mass is 16.5. The molecule has 0 saturated heterocycles. The van der Waals surface area contributed by atoms with Crippen LogP contribution in [0.25, 0.3) is 11.3 Å². The number of anilines is 1. The number of hydrogen-bond acceptors (Lipinski definition) is 6. The molecule has 0 radical (unpaired) electrons. The molecule has 7 nitrogen and oxygen atoms in total. The molecule has 0 bridgehead atoms. The molecule has 0 fully saturated rings. The molecule has 0 saturated carbocycles. The topological polar surface area (TPSA) is 119 Å². The molecule has 1 aromatic heterocycles. The lowest BCUT2D eigenvalue weighted by atomic mass is 10.1. The highest BCUT2D eigenvalue weighted by Gasteiger charge is 2.11. The molecule has 2 rings (SSSR count). The van der Waals surface area contributed by atoms with Gasteiger partial charge in [-0.3, -0.25) is 0 Å². The smallest absolute Gasteiger partial charge is 0.330 e. The number of hydrogen-bond donors (Lipinski definition) is 3. The average molecular weight is 315 g/mol. The van der Waals surface area contributed by atoms with Crippen LogP contribution in [0.1, 0.15) is 12.8 Å². The number of phenolic OH excluding ortho intramolecular Hbond substituents is 1. The summed E-state index contributed by atoms with van der Waals surface area (Å²) in [7, 11) is 0. The standard InChI is InChI=1S/C16H17N3O4/c1-10(16(21)22)5-4-8-23-14-9-12(18-19-15(14)17)11-6-2-3-7-13(11)20/h2-3,6-7,9,20H,1,4-5,8H2,(H2,17,19)(H,21,22). The van der Waals surface area contributed by atoms with Crippen LogP contribution in [0.4, 0.5) is 5.82 Å². The maximum Gasteiger partial charge on any atom is 0.330 e. The Hall–Kier alpha value is -3.09. The molecule has 23 heavy (non-hydrogen) atoms. The van der Waals surface area contributed by atoms with E-state index in [1.54, 1.807) is 30.3 Å². The fraction of sp³-hybridized carbons (Fsp3) is 0.188. The van der Waals surface area contributed by atoms with Crippen LogP contribution >= 0.6 is 0 Å². The highest BCUT2D eigenvalue weighted by Crippen LogP contribution is 2.30. The van der Waals surface area contributed by atoms with Crippen molar-refractivity contribution in [2.45, 2.75) is 12.8 Å². The van der Waals surface area contributed by atoms with E-state index >= 15 is 0 Å². The van der Waals surface area contributed by atoms with Crippen molar-refractivity contribution >= 4 is 11.8 Å². The molecule has 120 valence electrons. The first-order valence-corrected chi connectivity index (χ1v) is 6.94. The van der Waals surface area contributed by atoms with Gasteiger partial charge in [0.1, 0.15) is 11.4 Å². The van der Waals surface area contributed by atoms with E-state index in [4.69, 9.17) is 15.6 Å². The van der Waals surface area contributed by atoms with Crippen molar-refractivity contribution in [3.63, 3.8) is 0 Å². The number of carboxylic acids is 1. The third kappa shape index (κ3) is 4.19. The maximum atomic E-state index is 10.6. The molecule has 1 aromatic carbocycles. The number of aromatic nitrogens is 2. The Labute approximate surface area is 133 Å². The predicted molar refractivity (Wildman–Crippen MR) is 85.1 cm³/mol. The van der Waals surface area contributed by atoms with Crippen LogP contribution in [-0.4, -0.2) is 33.0 Å². The first kappa shape index (κ1) is 16.3. The quantitative estimate of drug-likeness (QED) is 0.529. The predicted octanol–water partition coefficient (Wildman–Crippen LogP) is 2.23. The Morgan fingerprint density at radius 1 is 1.30 bits per heavy atom. The van der Waals surface area contributed by atoms with Gasteiger partial charge in [0.2, 0.25) is 0 Å². The van der Waals surface area contributed by atoms with Crippen molar-refractivity contribution in [1.82, 2.24) is 10.2 Å². The zero-order chi connectivity index (χ0) is 16.8. The lowest BCUT2D eigenvalue weighted by molar-refractivity contribution is -0.132. The van der Waals surface area contributed by atoms with Crippen LogP contribution in [0.15, 0.2) is 42.5 Å². The number of nitrogens with zero attached hydrogens (tertiary/aromatic N) is 2. The Bertz CT molecular complexity index is 731. The summed E-state index contributed by atoms with van der Waals surface area (Å²) >= 11 is 0. The number of carbonyl (C=O) groups is 1. The Morgan fingerprint density at radius 2 is 2.04 bits per heavy atom. The largest absolute Gasteiger partial charge is 0.507 e. The van der Waals surface area contributed by atoms with Crippen LogP contribution in [0.3, 0.4) is 0 Å². The zero-order valence-electron chi connectivity index (χ0n) is 12.4. The van der Waals surface area contributed by atoms with Gasteiger partial charge in [0.05, 0.1) is 6.61 Å². The number of aromatic hydroxyl groups is 1. The Morgan fingerprint density at radius 3 is 2.74 bits per heavy atom. The van der Waals surface area contributed by atoms with E-state index in [9.17, 15) is 9.90 Å². The van der Waals surface area contributed by atoms with Crippen LogP contribution in [0.2, 0.25) is 0 Å². The molecular weight excluding hydrogens is 298 g/mol. The van der Waals surface area contributed by atoms with Gasteiger partial charge in [-0.05, 0) is 25.0 Å². The second kappa shape index (κ2) is 7.26. The molecule has 0 aliphatic carbocycles. The van der Waals surface area contributed by atoms with Gasteiger partial charge in [0.25, 0.3) is 0 Å². The Kier molecular flexibility index (Phi) is 5.14. The number of phenols is 1. The van der Waals surface area contributed by atoms with E-state index in [2.05, 4.69) is 16.8 Å². The van der Waals surface area contributed by atoms with E-state index in [1.807, 2.05) is 0 Å². The number of rotatable bonds is 7. The monoisotopic (exact) mass is 315 g/mol. The number of nitrogen functional groups attached to an aromatic ring is 1. The second-order valence-corrected chi connectivity index (χ2v) is 4.86. The first-order valence-electron chi connectivity index (χ1n) is 6.94. The van der Waals surface area contributed by atoms with Crippen molar-refractivity contribution in [3.05, 3.63) is 42.5 Å². The molecule has 0 atom stereocenters. The summed E-state index contributed by atoms with van der Waals surface area (Å²) in [6.45, 7) is 3.72. The highest BCUT2D eigenvalue weighted by molar-refractivity contribution is 5.85. The summed E-state index contributed by atoms with van der Waals surface area (Å²) in [6, 6.07) is 8.31. The van der Waals surface area contributed by atoms with Gasteiger partial charge < -0.3 is 20.7 Å². The van der Waals surface area contributed by atoms with Gasteiger partial charge in [-0.15, -0.1) is 10.2 Å². The van der Waals surface area contributed by atoms with Crippen LogP contribution in [0, 0.1) is 0 Å². The molecule has 0 amide bonds. The van der Waals surface area contributed by atoms with Crippen LogP contribution < -0.4 is 10.5 Å². The van der Waals surface area contributed by atoms with Gasteiger partial charge >= 0.3 is 5.97 Å². The molecule has 0 spiro atoms. The van der Waals surface area contributed by atoms with E-state index in [0.717, 1.165) is 0 Å². The van der Waals surface area contributed by atoms with Crippen LogP contribution in [-0.2, 0) is 4.79 Å². The maximum absolute atomic E-state index is 10.6. The Balaban J connectivity index is 2.05. The molecule has 1 heterocycles. The molecular formula is C16H17N3O4. The molecule has 0 unspecified atom stereocenters. The van der Waals surface area contributed by atoms with Gasteiger partial charge in [-0.1, -0.05) is 18.7 Å². The van der Waals surface area contributed by atoms with Crippen molar-refractivity contribution in [2.24, 2.45) is 0 Å². The van der Waals surface area contributed by atoms with Gasteiger partial charge in [-0.25, -0.2) is 4.79 Å². The third-order valence-corrected chi connectivity index (χ3v) is 3.15. The number of para-hydroxylation sites is 1. The molecule has 0 aliphatic heterocycles. The number of benzene rings is 1. The summed E-state index contributed by atoms with van der Waals surface area (Å²) in [6.07, 6.45) is 0.804. The average Bonchev–Trinajstić information content (AvgIpc) is 2.53. The third-order valence-electron chi connectivity index (χ3n) is 3.15. The molecule has 7 heteroatoms. The number of aliphatic carboxylic acids is 1. The molecule has 4 N–H and O–H groups in total. The number of nitrogens with two attached hydrogens (primary N) is 1. The van der Waals surface area contributed by atoms with Crippen molar-refractivity contribution < 1.29 is 19.7 Å². The summed E-state index contributed by atoms with van der Waals surface area (Å²) in [5, 5.41) is 26.3. The second-order valence-electron chi connectivity index (χ2n) is 4.86. The zero-order valence-corrected chi connectivity index (χ0v) is 12.4. The van der Waals surface area contributed by atoms with Gasteiger partial charge in [0.15, 0.2) is 11.6 Å². The van der Waals surface area contributed by atoms with Crippen molar-refractivity contribution in [3.8, 4) is 22.8 Å². The van der Waals surface area contributed by atoms with E-state index in [1.165, 1.54) is 0 Å². The van der Waals surface area contributed by atoms with Crippen molar-refractivity contribution in [1.29, 1.82) is 0 Å². The summed E-state index contributed by atoms with van der Waals surface area (Å²) in [4.78, 5) is 10.6. The summed E-state index contributed by atoms with van der Waals surface area (Å²) < 4.78 is 5.53. The lowest BCUT2D eigenvalue weighted by Gasteiger charge is -2.10. The first-order chi connectivity index (χ1) is 11.0. The fourth-order valence-electron chi connectivity index (χ4n) is 1.90. The minimum Gasteiger partial charge on any atom is -0.507 e. The van der Waals surface area contributed by atoms with Crippen molar-refractivity contribution in [2.75, 3.05) is 12.3 Å². The van der Waals surface area contributed by atoms with E-state index < -0.39 is 5.97 Å². The SMILES string of the molecule is C=C(CCCOc1cc(-c2ccccc2O)nnc1N)C(=O)O. The number of ether oxygens (including phenoxy) is 1.